The summed E-state index contributed by atoms with van der Waals surface area (Å²) >= 11 is 12.2. The van der Waals surface area contributed by atoms with Gasteiger partial charge in [-0.05, 0) is 42.3 Å². The van der Waals surface area contributed by atoms with Crippen LogP contribution in [0.15, 0.2) is 30.5 Å². The van der Waals surface area contributed by atoms with E-state index in [1.54, 1.807) is 12.3 Å². The molecule has 0 radical (unpaired) electrons. The summed E-state index contributed by atoms with van der Waals surface area (Å²) in [5, 5.41) is 4.49. The zero-order valence-corrected chi connectivity index (χ0v) is 13.8. The fourth-order valence-electron chi connectivity index (χ4n) is 1.79. The van der Waals surface area contributed by atoms with E-state index in [9.17, 15) is 0 Å². The number of aromatic nitrogens is 1. The van der Waals surface area contributed by atoms with E-state index in [1.165, 1.54) is 0 Å². The monoisotopic (exact) mass is 324 g/mol. The largest absolute Gasteiger partial charge is 0.437 e. The Morgan fingerprint density at radius 3 is 2.62 bits per heavy atom. The summed E-state index contributed by atoms with van der Waals surface area (Å²) in [6.45, 7) is 6.84. The lowest BCUT2D eigenvalue weighted by molar-refractivity contribution is 0.459. The second-order valence-electron chi connectivity index (χ2n) is 5.18. The average Bonchev–Trinajstić information content (AvgIpc) is 2.42. The quantitative estimate of drug-likeness (QED) is 0.841. The molecule has 2 rings (SSSR count). The molecule has 0 fully saturated rings. The molecule has 0 unspecified atom stereocenters. The molecule has 0 aliphatic carbocycles. The summed E-state index contributed by atoms with van der Waals surface area (Å²) in [5.74, 6) is 1.09. The van der Waals surface area contributed by atoms with Crippen LogP contribution in [-0.2, 0) is 6.54 Å². The summed E-state index contributed by atoms with van der Waals surface area (Å²) in [6, 6.07) is 7.70. The highest BCUT2D eigenvalue weighted by atomic mass is 35.5. The lowest BCUT2D eigenvalue weighted by Gasteiger charge is -2.11. The van der Waals surface area contributed by atoms with Crippen LogP contribution in [0.4, 0.5) is 0 Å². The predicted molar refractivity (Wildman–Crippen MR) is 87.5 cm³/mol. The van der Waals surface area contributed by atoms with Gasteiger partial charge in [-0.1, -0.05) is 37.0 Å². The van der Waals surface area contributed by atoms with E-state index in [1.807, 2.05) is 25.1 Å². The van der Waals surface area contributed by atoms with E-state index >= 15 is 0 Å². The van der Waals surface area contributed by atoms with Crippen molar-refractivity contribution >= 4 is 23.2 Å². The molecule has 5 heteroatoms. The van der Waals surface area contributed by atoms with E-state index in [4.69, 9.17) is 27.9 Å². The van der Waals surface area contributed by atoms with Crippen LogP contribution in [0.2, 0.25) is 10.0 Å². The van der Waals surface area contributed by atoms with Crippen molar-refractivity contribution in [3.63, 3.8) is 0 Å². The molecule has 21 heavy (non-hydrogen) atoms. The SMILES string of the molecule is Cc1cc(Cl)ccc1Oc1ncc(CNC(C)C)cc1Cl. The van der Waals surface area contributed by atoms with Crippen LogP contribution in [0.1, 0.15) is 25.0 Å². The highest BCUT2D eigenvalue weighted by Crippen LogP contribution is 2.30. The molecular formula is C16H18Cl2N2O. The van der Waals surface area contributed by atoms with Gasteiger partial charge in [-0.2, -0.15) is 0 Å². The van der Waals surface area contributed by atoms with E-state index in [-0.39, 0.29) is 0 Å². The molecule has 112 valence electrons. The van der Waals surface area contributed by atoms with Crippen LogP contribution in [0.5, 0.6) is 11.6 Å². The van der Waals surface area contributed by atoms with Crippen LogP contribution < -0.4 is 10.1 Å². The van der Waals surface area contributed by atoms with Crippen LogP contribution in [0, 0.1) is 6.92 Å². The van der Waals surface area contributed by atoms with Gasteiger partial charge in [-0.15, -0.1) is 0 Å². The standard InChI is InChI=1S/C16H18Cl2N2O/c1-10(2)19-8-12-7-14(18)16(20-9-12)21-15-5-4-13(17)6-11(15)3/h4-7,9-10,19H,8H2,1-3H3. The lowest BCUT2D eigenvalue weighted by Crippen LogP contribution is -2.21. The number of halogens is 2. The highest BCUT2D eigenvalue weighted by Gasteiger charge is 2.09. The maximum absolute atomic E-state index is 6.24. The van der Waals surface area contributed by atoms with Crippen LogP contribution in [0.3, 0.4) is 0 Å². The molecule has 0 atom stereocenters. The molecule has 0 saturated carbocycles. The van der Waals surface area contributed by atoms with Crippen molar-refractivity contribution < 1.29 is 4.74 Å². The molecule has 2 aromatic rings. The smallest absolute Gasteiger partial charge is 0.238 e. The van der Waals surface area contributed by atoms with Gasteiger partial charge in [0.2, 0.25) is 5.88 Å². The summed E-state index contributed by atoms with van der Waals surface area (Å²) in [4.78, 5) is 4.29. The van der Waals surface area contributed by atoms with Gasteiger partial charge in [0.15, 0.2) is 0 Å². The third kappa shape index (κ3) is 4.60. The third-order valence-electron chi connectivity index (χ3n) is 2.92. The Kier molecular flexibility index (Phi) is 5.45. The maximum atomic E-state index is 6.24. The zero-order valence-electron chi connectivity index (χ0n) is 12.3. The van der Waals surface area contributed by atoms with Crippen molar-refractivity contribution in [1.82, 2.24) is 10.3 Å². The normalized spacial score (nSPS) is 11.0. The molecule has 0 aliphatic rings. The minimum Gasteiger partial charge on any atom is -0.437 e. The minimum atomic E-state index is 0.399. The van der Waals surface area contributed by atoms with Gasteiger partial charge in [0.25, 0.3) is 0 Å². The molecule has 0 aliphatic heterocycles. The van der Waals surface area contributed by atoms with Crippen molar-refractivity contribution in [3.8, 4) is 11.6 Å². The van der Waals surface area contributed by atoms with Crippen LogP contribution >= 0.6 is 23.2 Å². The Morgan fingerprint density at radius 2 is 2.00 bits per heavy atom. The fraction of sp³-hybridized carbons (Fsp3) is 0.312. The van der Waals surface area contributed by atoms with Gasteiger partial charge in [0, 0.05) is 23.8 Å². The van der Waals surface area contributed by atoms with Crippen molar-refractivity contribution in [3.05, 3.63) is 51.6 Å². The van der Waals surface area contributed by atoms with Gasteiger partial charge >= 0.3 is 0 Å². The number of benzene rings is 1. The molecule has 1 heterocycles. The predicted octanol–water partition coefficient (Wildman–Crippen LogP) is 4.99. The molecule has 0 saturated heterocycles. The van der Waals surface area contributed by atoms with E-state index in [2.05, 4.69) is 24.1 Å². The van der Waals surface area contributed by atoms with Crippen molar-refractivity contribution in [2.24, 2.45) is 0 Å². The molecule has 3 nitrogen and oxygen atoms in total. The number of rotatable bonds is 5. The number of hydrogen-bond donors (Lipinski definition) is 1. The number of pyridine rings is 1. The molecule has 1 aromatic carbocycles. The van der Waals surface area contributed by atoms with E-state index in [0.717, 1.165) is 17.7 Å². The van der Waals surface area contributed by atoms with Gasteiger partial charge < -0.3 is 10.1 Å². The molecule has 1 N–H and O–H groups in total. The summed E-state index contributed by atoms with van der Waals surface area (Å²) in [6.07, 6.45) is 1.77. The lowest BCUT2D eigenvalue weighted by atomic mass is 10.2. The first kappa shape index (κ1) is 16.1. The number of nitrogens with one attached hydrogen (secondary N) is 1. The summed E-state index contributed by atoms with van der Waals surface area (Å²) in [5.41, 5.74) is 1.96. The highest BCUT2D eigenvalue weighted by molar-refractivity contribution is 6.32. The fourth-order valence-corrected chi connectivity index (χ4v) is 2.24. The van der Waals surface area contributed by atoms with E-state index in [0.29, 0.717) is 27.7 Å². The molecule has 1 aromatic heterocycles. The first-order valence-electron chi connectivity index (χ1n) is 6.77. The topological polar surface area (TPSA) is 34.1 Å². The number of ether oxygens (including phenoxy) is 1. The number of hydrogen-bond acceptors (Lipinski definition) is 3. The Hall–Kier alpha value is -1.29. The number of nitrogens with zero attached hydrogens (tertiary/aromatic N) is 1. The molecule has 0 bridgehead atoms. The van der Waals surface area contributed by atoms with Crippen LogP contribution in [-0.4, -0.2) is 11.0 Å². The van der Waals surface area contributed by atoms with Crippen LogP contribution in [0.25, 0.3) is 0 Å². The van der Waals surface area contributed by atoms with Crippen molar-refractivity contribution in [2.75, 3.05) is 0 Å². The van der Waals surface area contributed by atoms with Gasteiger partial charge in [0.05, 0.1) is 0 Å². The second kappa shape index (κ2) is 7.12. The maximum Gasteiger partial charge on any atom is 0.238 e. The summed E-state index contributed by atoms with van der Waals surface area (Å²) < 4.78 is 5.75. The van der Waals surface area contributed by atoms with Gasteiger partial charge in [-0.3, -0.25) is 0 Å². The Labute approximate surface area is 135 Å². The molecule has 0 spiro atoms. The van der Waals surface area contributed by atoms with Crippen molar-refractivity contribution in [1.29, 1.82) is 0 Å². The van der Waals surface area contributed by atoms with Gasteiger partial charge in [-0.25, -0.2) is 4.98 Å². The minimum absolute atomic E-state index is 0.399. The zero-order chi connectivity index (χ0) is 15.4. The molecular weight excluding hydrogens is 307 g/mol. The number of aryl methyl sites for hydroxylation is 1. The average molecular weight is 325 g/mol. The first-order valence-corrected chi connectivity index (χ1v) is 7.53. The Balaban J connectivity index is 2.13. The second-order valence-corrected chi connectivity index (χ2v) is 6.02. The van der Waals surface area contributed by atoms with E-state index < -0.39 is 0 Å². The summed E-state index contributed by atoms with van der Waals surface area (Å²) in [7, 11) is 0. The Morgan fingerprint density at radius 1 is 1.24 bits per heavy atom. The molecule has 0 amide bonds. The third-order valence-corrected chi connectivity index (χ3v) is 3.43. The van der Waals surface area contributed by atoms with Gasteiger partial charge in [0.1, 0.15) is 10.8 Å². The Bertz CT molecular complexity index is 630. The first-order chi connectivity index (χ1) is 9.95. The van der Waals surface area contributed by atoms with Crippen molar-refractivity contribution in [2.45, 2.75) is 33.4 Å².